The second-order valence-electron chi connectivity index (χ2n) is 14.5. The number of alkyl carbamates (subject to hydrolysis) is 1. The first-order valence-corrected chi connectivity index (χ1v) is 25.6. The summed E-state index contributed by atoms with van der Waals surface area (Å²) in [5, 5.41) is 6.32. The van der Waals surface area contributed by atoms with Gasteiger partial charge < -0.3 is 37.9 Å². The maximum atomic E-state index is 12.6. The van der Waals surface area contributed by atoms with Crippen LogP contribution in [0.25, 0.3) is 21.6 Å². The Labute approximate surface area is 323 Å². The summed E-state index contributed by atoms with van der Waals surface area (Å²) in [5.74, 6) is 0.322. The molecule has 0 heterocycles. The molecule has 0 spiro atoms. The molecule has 1 aliphatic carbocycles. The number of nitrogens with one attached hydrogen (secondary N) is 1. The predicted molar refractivity (Wildman–Crippen MR) is 215 cm³/mol. The Hall–Kier alpha value is -3.12. The van der Waals surface area contributed by atoms with Crippen LogP contribution >= 0.6 is 0 Å². The summed E-state index contributed by atoms with van der Waals surface area (Å²) in [6.07, 6.45) is 3.12. The number of carbonyl (C=O) groups excluding carboxylic acids is 2. The van der Waals surface area contributed by atoms with Crippen LogP contribution in [0.4, 0.5) is 4.79 Å². The number of benzene rings is 2. The average molecular weight is 787 g/mol. The molecule has 0 fully saturated rings. The van der Waals surface area contributed by atoms with Gasteiger partial charge in [0, 0.05) is 43.4 Å². The van der Waals surface area contributed by atoms with Crippen molar-refractivity contribution in [3.05, 3.63) is 70.1 Å². The lowest BCUT2D eigenvalue weighted by molar-refractivity contribution is -0.119. The van der Waals surface area contributed by atoms with Gasteiger partial charge in [-0.05, 0) is 85.3 Å². The van der Waals surface area contributed by atoms with Crippen molar-refractivity contribution in [2.45, 2.75) is 76.3 Å². The molecule has 0 unspecified atom stereocenters. The van der Waals surface area contributed by atoms with Crippen LogP contribution in [0.1, 0.15) is 49.1 Å². The highest BCUT2D eigenvalue weighted by Gasteiger charge is 2.33. The van der Waals surface area contributed by atoms with Gasteiger partial charge >= 0.3 is 6.09 Å². The number of Topliss-reactive ketones (excluding diaryl/α,β-unsaturated/α-hetero) is 1. The van der Waals surface area contributed by atoms with Crippen LogP contribution < -0.4 is 5.32 Å². The number of azide groups is 1. The van der Waals surface area contributed by atoms with Crippen LogP contribution in [0.2, 0.25) is 38.3 Å². The highest BCUT2D eigenvalue weighted by molar-refractivity contribution is 6.84. The smallest absolute Gasteiger partial charge is 0.407 e. The van der Waals surface area contributed by atoms with Gasteiger partial charge in [-0.25, -0.2) is 4.79 Å². The zero-order valence-electron chi connectivity index (χ0n) is 32.9. The Morgan fingerprint density at radius 1 is 0.685 bits per heavy atom. The van der Waals surface area contributed by atoms with Crippen molar-refractivity contribution in [3.8, 4) is 11.1 Å². The highest BCUT2D eigenvalue weighted by atomic mass is 28.4. The minimum absolute atomic E-state index is 0.0499. The summed E-state index contributed by atoms with van der Waals surface area (Å²) in [6, 6.07) is 18.6. The molecule has 1 amide bonds. The first kappa shape index (κ1) is 45.3. The largest absolute Gasteiger partial charge is 0.455 e. The van der Waals surface area contributed by atoms with E-state index in [0.29, 0.717) is 105 Å². The molecule has 1 N–H and O–H groups in total. The fourth-order valence-electron chi connectivity index (χ4n) is 6.54. The molecule has 2 aromatic rings. The van der Waals surface area contributed by atoms with E-state index in [0.717, 1.165) is 24.9 Å². The number of nitrogens with zero attached hydrogens (tertiary/aromatic N) is 3. The number of hydrogen-bond acceptors (Lipinski definition) is 10. The SMILES string of the molecule is C[Si](C)(CCCNC(=O)OCC1c2ccccc2-c2ccccc21)O[Si](C)(C)CCCC(=O)CCCOCCOCCOCCOCCOCCN=[N+]=[N-]. The monoisotopic (exact) mass is 786 g/mol. The van der Waals surface area contributed by atoms with E-state index in [1.165, 1.54) is 22.3 Å². The number of hydrogen-bond donors (Lipinski definition) is 1. The van der Waals surface area contributed by atoms with E-state index in [2.05, 4.69) is 65.8 Å². The third-order valence-corrected chi connectivity index (χ3v) is 16.5. The molecule has 0 radical (unpaired) electrons. The summed E-state index contributed by atoms with van der Waals surface area (Å²) in [5.41, 5.74) is 13.0. The molecular weight excluding hydrogens is 725 g/mol. The molecule has 0 saturated heterocycles. The highest BCUT2D eigenvalue weighted by Crippen LogP contribution is 2.44. The molecule has 15 heteroatoms. The predicted octanol–water partition coefficient (Wildman–Crippen LogP) is 7.86. The molecule has 13 nitrogen and oxygen atoms in total. The van der Waals surface area contributed by atoms with E-state index >= 15 is 0 Å². The van der Waals surface area contributed by atoms with Crippen molar-refractivity contribution in [1.82, 2.24) is 5.32 Å². The lowest BCUT2D eigenvalue weighted by Gasteiger charge is -2.34. The van der Waals surface area contributed by atoms with E-state index in [-0.39, 0.29) is 17.8 Å². The van der Waals surface area contributed by atoms with Crippen molar-refractivity contribution in [2.75, 3.05) is 85.8 Å². The van der Waals surface area contributed by atoms with E-state index < -0.39 is 16.6 Å². The third kappa shape index (κ3) is 18.5. The molecule has 0 aromatic heterocycles. The van der Waals surface area contributed by atoms with Crippen LogP contribution in [-0.4, -0.2) is 114 Å². The summed E-state index contributed by atoms with van der Waals surface area (Å²) in [6.45, 7) is 14.9. The molecule has 0 atom stereocenters. The van der Waals surface area contributed by atoms with E-state index in [4.69, 9.17) is 38.1 Å². The fourth-order valence-corrected chi connectivity index (χ4v) is 15.4. The number of amides is 1. The summed E-state index contributed by atoms with van der Waals surface area (Å²) < 4.78 is 39.7. The number of ketones is 1. The zero-order valence-corrected chi connectivity index (χ0v) is 34.9. The first-order valence-electron chi connectivity index (χ1n) is 19.3. The van der Waals surface area contributed by atoms with Gasteiger partial charge in [0.05, 0.1) is 59.5 Å². The minimum Gasteiger partial charge on any atom is -0.455 e. The maximum absolute atomic E-state index is 12.6. The lowest BCUT2D eigenvalue weighted by Crippen LogP contribution is -2.44. The minimum atomic E-state index is -1.93. The van der Waals surface area contributed by atoms with Crippen molar-refractivity contribution < 1.29 is 42.1 Å². The molecule has 0 aliphatic heterocycles. The lowest BCUT2D eigenvalue weighted by atomic mass is 9.98. The van der Waals surface area contributed by atoms with Crippen molar-refractivity contribution >= 4 is 28.5 Å². The Morgan fingerprint density at radius 2 is 1.17 bits per heavy atom. The van der Waals surface area contributed by atoms with Gasteiger partial charge in [-0.2, -0.15) is 0 Å². The van der Waals surface area contributed by atoms with E-state index in [9.17, 15) is 9.59 Å². The summed E-state index contributed by atoms with van der Waals surface area (Å²) in [7, 11) is -3.86. The van der Waals surface area contributed by atoms with Crippen LogP contribution in [-0.2, 0) is 37.3 Å². The fraction of sp³-hybridized carbons (Fsp3) is 0.641. The number of rotatable bonds is 31. The van der Waals surface area contributed by atoms with Crippen LogP contribution in [0, 0.1) is 0 Å². The van der Waals surface area contributed by atoms with Gasteiger partial charge in [0.25, 0.3) is 0 Å². The molecule has 0 bridgehead atoms. The van der Waals surface area contributed by atoms with E-state index in [1.54, 1.807) is 0 Å². The second kappa shape index (κ2) is 25.9. The first-order chi connectivity index (χ1) is 26.1. The normalized spacial score (nSPS) is 12.6. The summed E-state index contributed by atoms with van der Waals surface area (Å²) >= 11 is 0. The van der Waals surface area contributed by atoms with Crippen molar-refractivity contribution in [3.63, 3.8) is 0 Å². The third-order valence-electron chi connectivity index (χ3n) is 8.99. The maximum Gasteiger partial charge on any atom is 0.407 e. The number of fused-ring (bicyclic) bond motifs is 3. The zero-order chi connectivity index (χ0) is 38.9. The van der Waals surface area contributed by atoms with Crippen LogP contribution in [0.5, 0.6) is 0 Å². The standard InChI is InChI=1S/C39H62N4O9Si2/c1-53(2,30-10-13-33(44)12-9-20-46-22-24-48-26-28-50-29-27-49-25-23-47-21-19-42-43-40)52-54(3,4)31-11-18-41-39(45)51-32-38-36-16-7-5-14-34(36)35-15-6-8-17-37(35)38/h5-8,14-17,38H,9-13,18-32H2,1-4H3,(H,41,45). The van der Waals surface area contributed by atoms with Gasteiger partial charge in [-0.1, -0.05) is 53.6 Å². The van der Waals surface area contributed by atoms with Crippen molar-refractivity contribution in [2.24, 2.45) is 5.11 Å². The van der Waals surface area contributed by atoms with Crippen molar-refractivity contribution in [1.29, 1.82) is 0 Å². The van der Waals surface area contributed by atoms with Gasteiger partial charge in [0.2, 0.25) is 0 Å². The van der Waals surface area contributed by atoms with Gasteiger partial charge in [-0.3, -0.25) is 4.79 Å². The quantitative estimate of drug-likeness (QED) is 0.0264. The molecule has 3 rings (SSSR count). The molecule has 54 heavy (non-hydrogen) atoms. The molecule has 1 aliphatic rings. The second-order valence-corrected chi connectivity index (χ2v) is 23.3. The van der Waals surface area contributed by atoms with Crippen LogP contribution in [0.3, 0.4) is 0 Å². The van der Waals surface area contributed by atoms with Gasteiger partial charge in [0.15, 0.2) is 16.6 Å². The van der Waals surface area contributed by atoms with Crippen LogP contribution in [0.15, 0.2) is 53.6 Å². The Morgan fingerprint density at radius 3 is 1.72 bits per heavy atom. The summed E-state index contributed by atoms with van der Waals surface area (Å²) in [4.78, 5) is 27.7. The Balaban J connectivity index is 1.12. The average Bonchev–Trinajstić information content (AvgIpc) is 3.46. The molecular formula is C39H62N4O9Si2. The number of ether oxygens (including phenoxy) is 6. The molecule has 0 saturated carbocycles. The van der Waals surface area contributed by atoms with Gasteiger partial charge in [-0.15, -0.1) is 0 Å². The molecule has 300 valence electrons. The van der Waals surface area contributed by atoms with Gasteiger partial charge in [0.1, 0.15) is 12.4 Å². The topological polar surface area (TPSA) is 160 Å². The van der Waals surface area contributed by atoms with E-state index in [1.807, 2.05) is 24.3 Å². The number of carbonyl (C=O) groups is 2. The Bertz CT molecular complexity index is 1400. The Kier molecular flexibility index (Phi) is 21.7. The molecule has 2 aromatic carbocycles.